The Bertz CT molecular complexity index is 1340. The molecule has 0 aliphatic rings. The summed E-state index contributed by atoms with van der Waals surface area (Å²) in [6, 6.07) is 14.8. The van der Waals surface area contributed by atoms with Gasteiger partial charge in [0.1, 0.15) is 18.2 Å². The molecule has 3 rings (SSSR count). The molecular weight excluding hydrogens is 611 g/mol. The molecular formula is C26H24ClIN4O5. The Labute approximate surface area is 233 Å². The maximum atomic E-state index is 12.3. The van der Waals surface area contributed by atoms with Gasteiger partial charge in [0.15, 0.2) is 18.1 Å². The number of carbonyl (C=O) groups is 1. The fourth-order valence-corrected chi connectivity index (χ4v) is 4.24. The van der Waals surface area contributed by atoms with Crippen LogP contribution in [0.5, 0.6) is 17.4 Å². The molecule has 3 aromatic rings. The molecule has 1 heterocycles. The monoisotopic (exact) mass is 634 g/mol. The Morgan fingerprint density at radius 3 is 2.68 bits per heavy atom. The average Bonchev–Trinajstić information content (AvgIpc) is 2.87. The van der Waals surface area contributed by atoms with Crippen LogP contribution in [0.4, 0.5) is 0 Å². The van der Waals surface area contributed by atoms with Crippen molar-refractivity contribution in [1.29, 1.82) is 5.26 Å². The second-order valence-electron chi connectivity index (χ2n) is 7.64. The summed E-state index contributed by atoms with van der Waals surface area (Å²) in [6.45, 7) is 1.90. The normalized spacial score (nSPS) is 10.7. The van der Waals surface area contributed by atoms with E-state index in [1.807, 2.05) is 30.3 Å². The van der Waals surface area contributed by atoms with Crippen molar-refractivity contribution in [3.05, 3.63) is 79.0 Å². The zero-order valence-corrected chi connectivity index (χ0v) is 23.3. The second-order valence-corrected chi connectivity index (χ2v) is 9.21. The van der Waals surface area contributed by atoms with Gasteiger partial charge in [0, 0.05) is 29.0 Å². The number of nitriles is 1. The third-order valence-corrected chi connectivity index (χ3v) is 6.10. The summed E-state index contributed by atoms with van der Waals surface area (Å²) in [4.78, 5) is 16.5. The molecule has 1 aromatic heterocycles. The summed E-state index contributed by atoms with van der Waals surface area (Å²) in [5, 5.41) is 14.1. The second kappa shape index (κ2) is 13.8. The molecule has 0 radical (unpaired) electrons. The first-order valence-corrected chi connectivity index (χ1v) is 12.4. The van der Waals surface area contributed by atoms with Gasteiger partial charge in [-0.2, -0.15) is 10.4 Å². The molecule has 9 nitrogen and oxygen atoms in total. The number of ether oxygens (including phenoxy) is 4. The number of nitrogens with one attached hydrogen (secondary N) is 1. The Hall–Kier alpha value is -3.40. The minimum atomic E-state index is -0.516. The number of hydrogen-bond acceptors (Lipinski definition) is 8. The number of aromatic nitrogens is 1. The molecule has 0 unspecified atom stereocenters. The molecule has 0 spiro atoms. The van der Waals surface area contributed by atoms with E-state index in [0.29, 0.717) is 33.3 Å². The summed E-state index contributed by atoms with van der Waals surface area (Å²) in [6.07, 6.45) is 1.47. The van der Waals surface area contributed by atoms with Crippen molar-refractivity contribution in [2.24, 2.45) is 5.10 Å². The quantitative estimate of drug-likeness (QED) is 0.183. The van der Waals surface area contributed by atoms with Gasteiger partial charge in [-0.25, -0.2) is 10.4 Å². The molecule has 192 valence electrons. The molecule has 37 heavy (non-hydrogen) atoms. The van der Waals surface area contributed by atoms with Crippen LogP contribution in [0.1, 0.15) is 27.9 Å². The van der Waals surface area contributed by atoms with Crippen LogP contribution < -0.4 is 19.6 Å². The lowest BCUT2D eigenvalue weighted by atomic mass is 10.1. The number of methoxy groups -OCH3 is 2. The van der Waals surface area contributed by atoms with E-state index in [1.165, 1.54) is 13.3 Å². The van der Waals surface area contributed by atoms with Gasteiger partial charge < -0.3 is 18.9 Å². The molecule has 0 atom stereocenters. The van der Waals surface area contributed by atoms with Crippen molar-refractivity contribution >= 4 is 46.3 Å². The summed E-state index contributed by atoms with van der Waals surface area (Å²) >= 11 is 8.35. The molecule has 0 saturated heterocycles. The molecule has 0 saturated carbocycles. The summed E-state index contributed by atoms with van der Waals surface area (Å²) in [5.41, 5.74) is 5.44. The van der Waals surface area contributed by atoms with E-state index in [9.17, 15) is 10.1 Å². The maximum absolute atomic E-state index is 12.3. The van der Waals surface area contributed by atoms with Crippen LogP contribution in [0, 0.1) is 21.8 Å². The van der Waals surface area contributed by atoms with Gasteiger partial charge in [0.05, 0.1) is 23.5 Å². The molecule has 0 aliphatic carbocycles. The van der Waals surface area contributed by atoms with Crippen LogP contribution in [-0.4, -0.2) is 37.9 Å². The van der Waals surface area contributed by atoms with Crippen LogP contribution in [-0.2, 0) is 22.7 Å². The lowest BCUT2D eigenvalue weighted by Crippen LogP contribution is -2.25. The zero-order chi connectivity index (χ0) is 26.8. The maximum Gasteiger partial charge on any atom is 0.278 e. The fourth-order valence-electron chi connectivity index (χ4n) is 3.27. The summed E-state index contributed by atoms with van der Waals surface area (Å²) < 4.78 is 22.8. The topological polar surface area (TPSA) is 115 Å². The third kappa shape index (κ3) is 7.79. The van der Waals surface area contributed by atoms with Crippen LogP contribution >= 0.6 is 34.2 Å². The highest BCUT2D eigenvalue weighted by atomic mass is 127. The van der Waals surface area contributed by atoms with Crippen molar-refractivity contribution < 1.29 is 23.7 Å². The van der Waals surface area contributed by atoms with E-state index in [2.05, 4.69) is 38.1 Å². The minimum absolute atomic E-state index is 0.0698. The van der Waals surface area contributed by atoms with Crippen molar-refractivity contribution in [2.75, 3.05) is 20.8 Å². The average molecular weight is 635 g/mol. The predicted octanol–water partition coefficient (Wildman–Crippen LogP) is 4.78. The molecule has 2 aromatic carbocycles. The van der Waals surface area contributed by atoms with Gasteiger partial charge in [-0.05, 0) is 59.3 Å². The lowest BCUT2D eigenvalue weighted by molar-refractivity contribution is -0.123. The predicted molar refractivity (Wildman–Crippen MR) is 147 cm³/mol. The van der Waals surface area contributed by atoms with Gasteiger partial charge >= 0.3 is 0 Å². The van der Waals surface area contributed by atoms with Crippen molar-refractivity contribution in [3.8, 4) is 23.4 Å². The number of hydrogen-bond donors (Lipinski definition) is 1. The van der Waals surface area contributed by atoms with E-state index in [4.69, 9.17) is 30.5 Å². The Morgan fingerprint density at radius 2 is 1.97 bits per heavy atom. The number of halogens is 2. The number of amides is 1. The van der Waals surface area contributed by atoms with Crippen LogP contribution in [0.25, 0.3) is 0 Å². The highest BCUT2D eigenvalue weighted by molar-refractivity contribution is 14.1. The zero-order valence-electron chi connectivity index (χ0n) is 20.4. The SMILES string of the molecule is COCc1cc(C)nc(OCC(=O)N/N=C\c2cc(I)c(OCc3ccccc3Cl)c(OC)c2)c1C#N. The standard InChI is InChI=1S/C26H24ClIN4O5/c1-16-8-19(13-34-2)20(11-29)26(31-16)37-15-24(33)32-30-12-17-9-22(28)25(23(10-17)35-3)36-14-18-6-4-5-7-21(18)27/h4-10,12H,13-15H2,1-3H3,(H,32,33)/b30-12-. The first kappa shape index (κ1) is 28.2. The highest BCUT2D eigenvalue weighted by Crippen LogP contribution is 2.34. The number of hydrazone groups is 1. The Kier molecular flexibility index (Phi) is 10.5. The summed E-state index contributed by atoms with van der Waals surface area (Å²) in [7, 11) is 3.07. The summed E-state index contributed by atoms with van der Waals surface area (Å²) in [5.74, 6) is 0.638. The molecule has 0 bridgehead atoms. The minimum Gasteiger partial charge on any atom is -0.493 e. The number of aryl methyl sites for hydroxylation is 1. The number of carbonyl (C=O) groups excluding carboxylic acids is 1. The van der Waals surface area contributed by atoms with Crippen molar-refractivity contribution in [1.82, 2.24) is 10.4 Å². The van der Waals surface area contributed by atoms with Crippen LogP contribution in [0.15, 0.2) is 47.6 Å². The third-order valence-electron chi connectivity index (χ3n) is 4.93. The molecule has 1 N–H and O–H groups in total. The van der Waals surface area contributed by atoms with E-state index in [0.717, 1.165) is 9.13 Å². The Morgan fingerprint density at radius 1 is 1.19 bits per heavy atom. The largest absolute Gasteiger partial charge is 0.493 e. The molecule has 0 aliphatic heterocycles. The van der Waals surface area contributed by atoms with E-state index in [-0.39, 0.29) is 31.3 Å². The highest BCUT2D eigenvalue weighted by Gasteiger charge is 2.15. The van der Waals surface area contributed by atoms with Gasteiger partial charge in [-0.1, -0.05) is 29.8 Å². The number of benzene rings is 2. The van der Waals surface area contributed by atoms with Gasteiger partial charge in [-0.3, -0.25) is 4.79 Å². The van der Waals surface area contributed by atoms with Gasteiger partial charge in [0.25, 0.3) is 5.91 Å². The molecule has 0 fully saturated rings. The number of pyridine rings is 1. The van der Waals surface area contributed by atoms with Crippen molar-refractivity contribution in [3.63, 3.8) is 0 Å². The van der Waals surface area contributed by atoms with Crippen LogP contribution in [0.2, 0.25) is 5.02 Å². The number of nitrogens with zero attached hydrogens (tertiary/aromatic N) is 3. The van der Waals surface area contributed by atoms with Gasteiger partial charge in [-0.15, -0.1) is 0 Å². The first-order valence-electron chi connectivity index (χ1n) is 10.9. The van der Waals surface area contributed by atoms with Crippen LogP contribution in [0.3, 0.4) is 0 Å². The smallest absolute Gasteiger partial charge is 0.278 e. The fraction of sp³-hybridized carbons (Fsp3) is 0.231. The Balaban J connectivity index is 1.62. The van der Waals surface area contributed by atoms with Crippen molar-refractivity contribution in [2.45, 2.75) is 20.1 Å². The molecule has 1 amide bonds. The van der Waals surface area contributed by atoms with E-state index in [1.54, 1.807) is 32.2 Å². The lowest BCUT2D eigenvalue weighted by Gasteiger charge is -2.14. The first-order chi connectivity index (χ1) is 17.9. The van der Waals surface area contributed by atoms with E-state index < -0.39 is 5.91 Å². The number of rotatable bonds is 11. The van der Waals surface area contributed by atoms with E-state index >= 15 is 0 Å². The molecule has 11 heteroatoms. The van der Waals surface area contributed by atoms with Gasteiger partial charge in [0.2, 0.25) is 5.88 Å².